The Labute approximate surface area is 106 Å². The number of nitrogens with two attached hydrogens (primary N) is 1. The summed E-state index contributed by atoms with van der Waals surface area (Å²) in [6.45, 7) is 2.44. The van der Waals surface area contributed by atoms with Gasteiger partial charge in [-0.3, -0.25) is 5.41 Å². The van der Waals surface area contributed by atoms with Gasteiger partial charge >= 0.3 is 0 Å². The molecule has 0 bridgehead atoms. The van der Waals surface area contributed by atoms with Gasteiger partial charge in [0.05, 0.1) is 13.2 Å². The van der Waals surface area contributed by atoms with Crippen LogP contribution in [0, 0.1) is 5.41 Å². The van der Waals surface area contributed by atoms with E-state index in [2.05, 4.69) is 9.97 Å². The fourth-order valence-electron chi connectivity index (χ4n) is 1.37. The van der Waals surface area contributed by atoms with Crippen molar-refractivity contribution in [3.8, 4) is 0 Å². The van der Waals surface area contributed by atoms with Gasteiger partial charge in [-0.15, -0.1) is 0 Å². The van der Waals surface area contributed by atoms with E-state index in [1.165, 1.54) is 0 Å². The number of aromatic nitrogens is 2. The lowest BCUT2D eigenvalue weighted by atomic mass is 10.4. The molecule has 1 aromatic rings. The molecule has 0 saturated heterocycles. The van der Waals surface area contributed by atoms with Gasteiger partial charge in [-0.05, 0) is 6.07 Å². The lowest BCUT2D eigenvalue weighted by molar-refractivity contribution is 0.189. The van der Waals surface area contributed by atoms with Crippen LogP contribution in [0.3, 0.4) is 0 Å². The van der Waals surface area contributed by atoms with Crippen LogP contribution in [0.2, 0.25) is 0 Å². The number of nitrogens with one attached hydrogen (secondary N) is 1. The number of nitrogens with zero attached hydrogens (tertiary/aromatic N) is 3. The molecular weight excluding hydrogens is 234 g/mol. The Hall–Kier alpha value is -1.73. The van der Waals surface area contributed by atoms with Gasteiger partial charge in [-0.25, -0.2) is 9.97 Å². The third kappa shape index (κ3) is 4.27. The Bertz CT molecular complexity index is 377. The highest BCUT2D eigenvalue weighted by Crippen LogP contribution is 2.07. The number of amidine groups is 1. The van der Waals surface area contributed by atoms with Crippen molar-refractivity contribution in [2.75, 3.05) is 45.4 Å². The van der Waals surface area contributed by atoms with E-state index in [9.17, 15) is 0 Å². The molecule has 0 saturated carbocycles. The quantitative estimate of drug-likeness (QED) is 0.494. The summed E-state index contributed by atoms with van der Waals surface area (Å²) in [5.41, 5.74) is 5.82. The van der Waals surface area contributed by atoms with Crippen LogP contribution in [0.25, 0.3) is 0 Å². The summed E-state index contributed by atoms with van der Waals surface area (Å²) in [5.74, 6) is 0.453. The minimum Gasteiger partial charge on any atom is -0.383 e. The largest absolute Gasteiger partial charge is 0.383 e. The van der Waals surface area contributed by atoms with E-state index in [0.717, 1.165) is 0 Å². The normalized spacial score (nSPS) is 10.3. The van der Waals surface area contributed by atoms with E-state index in [1.54, 1.807) is 26.5 Å². The van der Waals surface area contributed by atoms with Gasteiger partial charge in [0.2, 0.25) is 5.95 Å². The van der Waals surface area contributed by atoms with Crippen molar-refractivity contribution in [3.63, 3.8) is 0 Å². The Balaban J connectivity index is 2.82. The van der Waals surface area contributed by atoms with Gasteiger partial charge < -0.3 is 20.1 Å². The number of rotatable bonds is 8. The number of hydrogen-bond donors (Lipinski definition) is 2. The second-order valence-corrected chi connectivity index (χ2v) is 3.63. The van der Waals surface area contributed by atoms with Crippen LogP contribution in [0.5, 0.6) is 0 Å². The zero-order valence-corrected chi connectivity index (χ0v) is 10.7. The number of anilines is 1. The van der Waals surface area contributed by atoms with Crippen LogP contribution in [0.1, 0.15) is 5.69 Å². The molecule has 0 aliphatic heterocycles. The molecule has 1 rings (SSSR count). The average Bonchev–Trinajstić information content (AvgIpc) is 2.39. The number of methoxy groups -OCH3 is 2. The molecule has 1 aromatic heterocycles. The molecule has 7 nitrogen and oxygen atoms in total. The molecule has 18 heavy (non-hydrogen) atoms. The smallest absolute Gasteiger partial charge is 0.226 e. The van der Waals surface area contributed by atoms with Gasteiger partial charge in [-0.1, -0.05) is 0 Å². The molecule has 0 unspecified atom stereocenters. The molecule has 0 aromatic carbocycles. The number of hydrogen-bond acceptors (Lipinski definition) is 6. The molecule has 0 fully saturated rings. The average molecular weight is 253 g/mol. The van der Waals surface area contributed by atoms with E-state index in [0.29, 0.717) is 37.9 Å². The standard InChI is InChI=1S/C11H19N5O2/c1-17-7-5-16(6-8-18-2)11-14-4-3-9(15-11)10(12)13/h3-4H,5-8H2,1-2H3,(H3,12,13). The Morgan fingerprint density at radius 3 is 2.44 bits per heavy atom. The summed E-state index contributed by atoms with van der Waals surface area (Å²) in [7, 11) is 3.28. The van der Waals surface area contributed by atoms with Gasteiger partial charge in [0.1, 0.15) is 11.5 Å². The molecule has 0 radical (unpaired) electrons. The third-order valence-electron chi connectivity index (χ3n) is 2.33. The van der Waals surface area contributed by atoms with Crippen LogP contribution in [0.4, 0.5) is 5.95 Å². The monoisotopic (exact) mass is 253 g/mol. The van der Waals surface area contributed by atoms with E-state index >= 15 is 0 Å². The van der Waals surface area contributed by atoms with E-state index in [-0.39, 0.29) is 5.84 Å². The Morgan fingerprint density at radius 2 is 1.94 bits per heavy atom. The van der Waals surface area contributed by atoms with Crippen molar-refractivity contribution < 1.29 is 9.47 Å². The highest BCUT2D eigenvalue weighted by molar-refractivity contribution is 5.93. The number of nitrogen functional groups attached to an aromatic ring is 1. The Morgan fingerprint density at radius 1 is 1.33 bits per heavy atom. The van der Waals surface area contributed by atoms with Crippen molar-refractivity contribution in [2.24, 2.45) is 5.73 Å². The summed E-state index contributed by atoms with van der Waals surface area (Å²) >= 11 is 0. The lowest BCUT2D eigenvalue weighted by Gasteiger charge is -2.22. The van der Waals surface area contributed by atoms with Crippen molar-refractivity contribution in [1.82, 2.24) is 9.97 Å². The van der Waals surface area contributed by atoms with Gasteiger partial charge in [0.15, 0.2) is 0 Å². The van der Waals surface area contributed by atoms with Crippen LogP contribution < -0.4 is 10.6 Å². The summed E-state index contributed by atoms with van der Waals surface area (Å²) in [5, 5.41) is 7.37. The zero-order chi connectivity index (χ0) is 13.4. The fourth-order valence-corrected chi connectivity index (χ4v) is 1.37. The summed E-state index contributed by atoms with van der Waals surface area (Å²) in [6, 6.07) is 1.61. The van der Waals surface area contributed by atoms with Gasteiger partial charge in [0.25, 0.3) is 0 Å². The van der Waals surface area contributed by atoms with Crippen LogP contribution in [0.15, 0.2) is 12.3 Å². The highest BCUT2D eigenvalue weighted by Gasteiger charge is 2.10. The first kappa shape index (κ1) is 14.3. The summed E-state index contributed by atoms with van der Waals surface area (Å²) < 4.78 is 10.1. The first-order chi connectivity index (χ1) is 8.69. The molecule has 0 aliphatic carbocycles. The molecule has 0 aliphatic rings. The fraction of sp³-hybridized carbons (Fsp3) is 0.545. The van der Waals surface area contributed by atoms with Crippen LogP contribution >= 0.6 is 0 Å². The first-order valence-corrected chi connectivity index (χ1v) is 5.59. The molecule has 100 valence electrons. The SMILES string of the molecule is COCCN(CCOC)c1nccc(C(=N)N)n1. The van der Waals surface area contributed by atoms with E-state index in [4.69, 9.17) is 20.6 Å². The molecule has 7 heteroatoms. The zero-order valence-electron chi connectivity index (χ0n) is 10.7. The predicted molar refractivity (Wildman–Crippen MR) is 69.0 cm³/mol. The summed E-state index contributed by atoms with van der Waals surface area (Å²) in [6.07, 6.45) is 1.59. The summed E-state index contributed by atoms with van der Waals surface area (Å²) in [4.78, 5) is 10.3. The van der Waals surface area contributed by atoms with Gasteiger partial charge in [0, 0.05) is 33.5 Å². The van der Waals surface area contributed by atoms with Crippen LogP contribution in [-0.4, -0.2) is 56.3 Å². The molecular formula is C11H19N5O2. The van der Waals surface area contributed by atoms with Crippen LogP contribution in [-0.2, 0) is 9.47 Å². The van der Waals surface area contributed by atoms with Crippen molar-refractivity contribution in [3.05, 3.63) is 18.0 Å². The van der Waals surface area contributed by atoms with Crippen molar-refractivity contribution >= 4 is 11.8 Å². The molecule has 0 spiro atoms. The maximum atomic E-state index is 7.37. The Kier molecular flexibility index (Phi) is 6.03. The highest BCUT2D eigenvalue weighted by atomic mass is 16.5. The molecule has 1 heterocycles. The lowest BCUT2D eigenvalue weighted by Crippen LogP contribution is -2.32. The maximum absolute atomic E-state index is 7.37. The molecule has 0 amide bonds. The predicted octanol–water partition coefficient (Wildman–Crippen LogP) is -0.140. The molecule has 0 atom stereocenters. The second kappa shape index (κ2) is 7.57. The van der Waals surface area contributed by atoms with E-state index < -0.39 is 0 Å². The topological polar surface area (TPSA) is 97.4 Å². The minimum absolute atomic E-state index is 0.0721. The van der Waals surface area contributed by atoms with Crippen molar-refractivity contribution in [1.29, 1.82) is 5.41 Å². The molecule has 3 N–H and O–H groups in total. The minimum atomic E-state index is -0.0721. The second-order valence-electron chi connectivity index (χ2n) is 3.63. The van der Waals surface area contributed by atoms with Gasteiger partial charge in [-0.2, -0.15) is 0 Å². The number of ether oxygens (including phenoxy) is 2. The van der Waals surface area contributed by atoms with Crippen molar-refractivity contribution in [2.45, 2.75) is 0 Å². The van der Waals surface area contributed by atoms with E-state index in [1.807, 2.05) is 4.90 Å². The first-order valence-electron chi connectivity index (χ1n) is 5.59. The third-order valence-corrected chi connectivity index (χ3v) is 2.33. The maximum Gasteiger partial charge on any atom is 0.226 e.